The van der Waals surface area contributed by atoms with Crippen LogP contribution in [0.1, 0.15) is 18.4 Å². The Kier molecular flexibility index (Phi) is 2.46. The van der Waals surface area contributed by atoms with E-state index in [2.05, 4.69) is 15.9 Å². The van der Waals surface area contributed by atoms with Crippen LogP contribution in [0.5, 0.6) is 0 Å². The molecule has 0 amide bonds. The molecular formula is C10H8BrNO4. The average molecular weight is 286 g/mol. The molecule has 84 valence electrons. The van der Waals surface area contributed by atoms with Crippen LogP contribution < -0.4 is 0 Å². The lowest BCUT2D eigenvalue weighted by Crippen LogP contribution is -2.19. The van der Waals surface area contributed by atoms with Gasteiger partial charge in [0.25, 0.3) is 5.69 Å². The van der Waals surface area contributed by atoms with Crippen molar-refractivity contribution >= 4 is 27.6 Å². The number of benzene rings is 1. The maximum Gasteiger partial charge on any atom is 0.314 e. The van der Waals surface area contributed by atoms with Gasteiger partial charge in [-0.2, -0.15) is 0 Å². The number of nitro benzene ring substituents is 1. The van der Waals surface area contributed by atoms with E-state index in [4.69, 9.17) is 5.11 Å². The quantitative estimate of drug-likeness (QED) is 0.683. The van der Waals surface area contributed by atoms with Crippen molar-refractivity contribution in [1.82, 2.24) is 0 Å². The number of nitrogens with zero attached hydrogens (tertiary/aromatic N) is 1. The summed E-state index contributed by atoms with van der Waals surface area (Å²) >= 11 is 3.15. The molecule has 0 spiro atoms. The minimum atomic E-state index is -0.917. The number of carboxylic acid groups (broad SMARTS) is 1. The first-order valence-electron chi connectivity index (χ1n) is 4.64. The molecule has 1 aromatic rings. The molecule has 0 bridgehead atoms. The van der Waals surface area contributed by atoms with E-state index in [0.717, 1.165) is 0 Å². The number of carboxylic acids is 1. The summed E-state index contributed by atoms with van der Waals surface area (Å²) in [5.74, 6) is -0.917. The van der Waals surface area contributed by atoms with Crippen molar-refractivity contribution in [3.8, 4) is 0 Å². The van der Waals surface area contributed by atoms with Gasteiger partial charge in [0.2, 0.25) is 0 Å². The van der Waals surface area contributed by atoms with E-state index < -0.39 is 16.3 Å². The van der Waals surface area contributed by atoms with Crippen molar-refractivity contribution in [2.24, 2.45) is 0 Å². The van der Waals surface area contributed by atoms with Gasteiger partial charge in [-0.25, -0.2) is 0 Å². The Balaban J connectivity index is 2.50. The highest BCUT2D eigenvalue weighted by molar-refractivity contribution is 9.10. The zero-order chi connectivity index (χ0) is 11.9. The van der Waals surface area contributed by atoms with Crippen LogP contribution in [0.25, 0.3) is 0 Å². The normalized spacial score (nSPS) is 16.8. The lowest BCUT2D eigenvalue weighted by molar-refractivity contribution is -0.385. The Morgan fingerprint density at radius 2 is 2.06 bits per heavy atom. The molecule has 1 aliphatic rings. The Bertz CT molecular complexity index is 482. The molecule has 1 fully saturated rings. The fourth-order valence-corrected chi connectivity index (χ4v) is 2.19. The summed E-state index contributed by atoms with van der Waals surface area (Å²) in [4.78, 5) is 21.2. The van der Waals surface area contributed by atoms with Gasteiger partial charge in [-0.15, -0.1) is 0 Å². The van der Waals surface area contributed by atoms with Gasteiger partial charge in [0.05, 0.1) is 10.3 Å². The van der Waals surface area contributed by atoms with Crippen LogP contribution >= 0.6 is 15.9 Å². The van der Waals surface area contributed by atoms with E-state index in [-0.39, 0.29) is 5.69 Å². The van der Waals surface area contributed by atoms with Gasteiger partial charge in [0, 0.05) is 16.6 Å². The molecule has 1 saturated carbocycles. The smallest absolute Gasteiger partial charge is 0.314 e. The van der Waals surface area contributed by atoms with Crippen LogP contribution in [-0.2, 0) is 10.2 Å². The zero-order valence-corrected chi connectivity index (χ0v) is 9.73. The van der Waals surface area contributed by atoms with E-state index in [9.17, 15) is 14.9 Å². The summed E-state index contributed by atoms with van der Waals surface area (Å²) in [5.41, 5.74) is -0.493. The molecule has 0 saturated heterocycles. The third-order valence-electron chi connectivity index (χ3n) is 2.81. The molecule has 1 aliphatic carbocycles. The first-order valence-corrected chi connectivity index (χ1v) is 5.44. The number of aliphatic carboxylic acids is 1. The minimum absolute atomic E-state index is 0.0862. The van der Waals surface area contributed by atoms with Crippen molar-refractivity contribution < 1.29 is 14.8 Å². The van der Waals surface area contributed by atoms with Crippen LogP contribution in [0, 0.1) is 10.1 Å². The van der Waals surface area contributed by atoms with Gasteiger partial charge >= 0.3 is 5.97 Å². The molecular weight excluding hydrogens is 278 g/mol. The van der Waals surface area contributed by atoms with Crippen molar-refractivity contribution in [3.05, 3.63) is 38.3 Å². The van der Waals surface area contributed by atoms with Crippen molar-refractivity contribution in [2.45, 2.75) is 18.3 Å². The Hall–Kier alpha value is -1.43. The number of halogens is 1. The molecule has 0 unspecified atom stereocenters. The summed E-state index contributed by atoms with van der Waals surface area (Å²) in [6.45, 7) is 0. The third-order valence-corrected chi connectivity index (χ3v) is 3.26. The average Bonchev–Trinajstić information content (AvgIpc) is 2.97. The Morgan fingerprint density at radius 1 is 1.44 bits per heavy atom. The fraction of sp³-hybridized carbons (Fsp3) is 0.300. The number of rotatable bonds is 3. The summed E-state index contributed by atoms with van der Waals surface area (Å²) in [7, 11) is 0. The summed E-state index contributed by atoms with van der Waals surface area (Å²) in [6, 6.07) is 4.33. The summed E-state index contributed by atoms with van der Waals surface area (Å²) in [6.07, 6.45) is 1.08. The number of hydrogen-bond donors (Lipinski definition) is 1. The first kappa shape index (κ1) is 11.1. The lowest BCUT2D eigenvalue weighted by Gasteiger charge is -2.10. The molecule has 0 radical (unpaired) electrons. The van der Waals surface area contributed by atoms with E-state index in [1.807, 2.05) is 0 Å². The van der Waals surface area contributed by atoms with Gasteiger partial charge in [-0.05, 0) is 24.5 Å². The maximum atomic E-state index is 11.1. The molecule has 2 rings (SSSR count). The minimum Gasteiger partial charge on any atom is -0.481 e. The SMILES string of the molecule is O=C(O)C1(c2cc(Br)cc([N+](=O)[O-])c2)CC1. The fourth-order valence-electron chi connectivity index (χ4n) is 1.71. The molecule has 6 heteroatoms. The highest BCUT2D eigenvalue weighted by Crippen LogP contribution is 2.49. The second kappa shape index (κ2) is 3.55. The van der Waals surface area contributed by atoms with Gasteiger partial charge in [0.1, 0.15) is 0 Å². The molecule has 1 aromatic carbocycles. The third kappa shape index (κ3) is 1.69. The zero-order valence-electron chi connectivity index (χ0n) is 8.14. The molecule has 5 nitrogen and oxygen atoms in total. The molecule has 16 heavy (non-hydrogen) atoms. The second-order valence-corrected chi connectivity index (χ2v) is 4.76. The van der Waals surface area contributed by atoms with Crippen molar-refractivity contribution in [2.75, 3.05) is 0 Å². The van der Waals surface area contributed by atoms with Crippen LogP contribution in [0.15, 0.2) is 22.7 Å². The van der Waals surface area contributed by atoms with Gasteiger partial charge in [-0.1, -0.05) is 15.9 Å². The predicted octanol–water partition coefficient (Wildman–Crippen LogP) is 2.47. The first-order chi connectivity index (χ1) is 7.45. The van der Waals surface area contributed by atoms with Gasteiger partial charge in [0.15, 0.2) is 0 Å². The molecule has 0 aromatic heterocycles. The van der Waals surface area contributed by atoms with Gasteiger partial charge in [-0.3, -0.25) is 14.9 Å². The summed E-state index contributed by atoms with van der Waals surface area (Å²) < 4.78 is 0.532. The highest BCUT2D eigenvalue weighted by atomic mass is 79.9. The lowest BCUT2D eigenvalue weighted by atomic mass is 9.96. The largest absolute Gasteiger partial charge is 0.481 e. The molecule has 0 heterocycles. The number of nitro groups is 1. The predicted molar refractivity (Wildman–Crippen MR) is 59.3 cm³/mol. The maximum absolute atomic E-state index is 11.1. The van der Waals surface area contributed by atoms with E-state index in [1.54, 1.807) is 6.07 Å². The summed E-state index contributed by atoms with van der Waals surface area (Å²) in [5, 5.41) is 19.8. The van der Waals surface area contributed by atoms with Crippen LogP contribution in [0.3, 0.4) is 0 Å². The van der Waals surface area contributed by atoms with E-state index >= 15 is 0 Å². The number of carbonyl (C=O) groups is 1. The van der Waals surface area contributed by atoms with E-state index in [1.165, 1.54) is 12.1 Å². The number of hydrogen-bond acceptors (Lipinski definition) is 3. The van der Waals surface area contributed by atoms with Crippen LogP contribution in [0.4, 0.5) is 5.69 Å². The standard InChI is InChI=1S/C10H8BrNO4/c11-7-3-6(4-8(5-7)12(15)16)10(1-2-10)9(13)14/h3-5H,1-2H2,(H,13,14). The number of non-ortho nitro benzene ring substituents is 1. The molecule has 1 N–H and O–H groups in total. The monoisotopic (exact) mass is 285 g/mol. The van der Waals surface area contributed by atoms with Crippen molar-refractivity contribution in [1.29, 1.82) is 0 Å². The Morgan fingerprint density at radius 3 is 2.50 bits per heavy atom. The van der Waals surface area contributed by atoms with Crippen molar-refractivity contribution in [3.63, 3.8) is 0 Å². The molecule has 0 atom stereocenters. The second-order valence-electron chi connectivity index (χ2n) is 3.84. The highest BCUT2D eigenvalue weighted by Gasteiger charge is 2.52. The van der Waals surface area contributed by atoms with Crippen LogP contribution in [0.2, 0.25) is 0 Å². The Labute approximate surface area is 99.4 Å². The van der Waals surface area contributed by atoms with Gasteiger partial charge < -0.3 is 5.11 Å². The van der Waals surface area contributed by atoms with Crippen LogP contribution in [-0.4, -0.2) is 16.0 Å². The van der Waals surface area contributed by atoms with E-state index in [0.29, 0.717) is 22.9 Å². The topological polar surface area (TPSA) is 80.4 Å². The molecule has 0 aliphatic heterocycles.